The first-order valence-electron chi connectivity index (χ1n) is 21.1. The molecule has 0 bridgehead atoms. The molecule has 0 aliphatic heterocycles. The predicted molar refractivity (Wildman–Crippen MR) is 225 cm³/mol. The zero-order valence-electron chi connectivity index (χ0n) is 33.4. The van der Waals surface area contributed by atoms with Crippen molar-refractivity contribution in [1.82, 2.24) is 5.32 Å². The Kier molecular flexibility index (Phi) is 36.9. The standard InChI is InChI=1S/C45H79NO5S/c1-3-5-7-9-11-13-15-17-19-21-23-25-27-29-31-33-35-37-39-41-45(48)46-43(42-52(49,50)51)44(47)40-38-36-34-32-30-28-26-24-22-20-18-16-14-12-10-8-6-4-2/h5,7,11,13,17,19,23,25,29,31,38,40,43-44,47H,3-4,6,8-10,12,14-16,18,20-22,24,26-28,30,32-37,39,41-42H2,1-2H3,(H,46,48)(H,49,50,51)/b7-5-,13-11-,19-17-,25-23-,31-29-,40-38+. The van der Waals surface area contributed by atoms with E-state index in [4.69, 9.17) is 0 Å². The van der Waals surface area contributed by atoms with Gasteiger partial charge in [0.2, 0.25) is 5.91 Å². The molecule has 0 aliphatic carbocycles. The molecular formula is C45H79NO5S. The van der Waals surface area contributed by atoms with Crippen LogP contribution in [-0.4, -0.2) is 41.9 Å². The van der Waals surface area contributed by atoms with Crippen molar-refractivity contribution in [3.05, 3.63) is 72.9 Å². The van der Waals surface area contributed by atoms with E-state index in [9.17, 15) is 22.9 Å². The van der Waals surface area contributed by atoms with Crippen LogP contribution >= 0.6 is 0 Å². The van der Waals surface area contributed by atoms with Crippen LogP contribution in [0.4, 0.5) is 0 Å². The Bertz CT molecular complexity index is 1090. The molecule has 0 fully saturated rings. The highest BCUT2D eigenvalue weighted by Crippen LogP contribution is 2.14. The number of aliphatic hydroxyl groups excluding tert-OH is 1. The maximum Gasteiger partial charge on any atom is 0.267 e. The minimum atomic E-state index is -4.36. The Morgan fingerprint density at radius 1 is 0.538 bits per heavy atom. The fourth-order valence-corrected chi connectivity index (χ4v) is 6.74. The SMILES string of the molecule is CC/C=C\C/C=C\C/C=C\C/C=C\C/C=C\CCCCCC(=O)NC(CS(=O)(=O)O)C(O)/C=C/CCCCCCCCCCCCCCCCCC. The average molecular weight is 746 g/mol. The largest absolute Gasteiger partial charge is 0.387 e. The lowest BCUT2D eigenvalue weighted by molar-refractivity contribution is -0.122. The Morgan fingerprint density at radius 2 is 0.923 bits per heavy atom. The summed E-state index contributed by atoms with van der Waals surface area (Å²) in [5, 5.41) is 13.2. The molecule has 1 amide bonds. The third-order valence-corrected chi connectivity index (χ3v) is 9.92. The van der Waals surface area contributed by atoms with Crippen LogP contribution in [0.2, 0.25) is 0 Å². The number of carbonyl (C=O) groups is 1. The second-order valence-electron chi connectivity index (χ2n) is 14.2. The van der Waals surface area contributed by atoms with Crippen molar-refractivity contribution in [2.24, 2.45) is 0 Å². The first kappa shape index (κ1) is 49.8. The van der Waals surface area contributed by atoms with Crippen LogP contribution < -0.4 is 5.32 Å². The van der Waals surface area contributed by atoms with Crippen molar-refractivity contribution < 1.29 is 22.9 Å². The van der Waals surface area contributed by atoms with Crippen molar-refractivity contribution in [3.63, 3.8) is 0 Å². The summed E-state index contributed by atoms with van der Waals surface area (Å²) < 4.78 is 32.5. The Balaban J connectivity index is 4.00. The molecule has 2 unspecified atom stereocenters. The second kappa shape index (κ2) is 38.5. The topological polar surface area (TPSA) is 104 Å². The van der Waals surface area contributed by atoms with E-state index in [1.165, 1.54) is 89.9 Å². The smallest absolute Gasteiger partial charge is 0.267 e. The van der Waals surface area contributed by atoms with Crippen LogP contribution in [-0.2, 0) is 14.9 Å². The van der Waals surface area contributed by atoms with E-state index in [0.29, 0.717) is 6.42 Å². The molecule has 0 radical (unpaired) electrons. The Morgan fingerprint density at radius 3 is 1.37 bits per heavy atom. The number of hydrogen-bond acceptors (Lipinski definition) is 4. The number of unbranched alkanes of at least 4 members (excludes halogenated alkanes) is 19. The number of amides is 1. The average Bonchev–Trinajstić information content (AvgIpc) is 3.11. The van der Waals surface area contributed by atoms with Gasteiger partial charge in [-0.2, -0.15) is 8.42 Å². The minimum absolute atomic E-state index is 0.253. The van der Waals surface area contributed by atoms with Crippen LogP contribution in [0, 0.1) is 0 Å². The normalized spacial score (nSPS) is 14.0. The zero-order chi connectivity index (χ0) is 38.2. The van der Waals surface area contributed by atoms with Crippen molar-refractivity contribution in [3.8, 4) is 0 Å². The maximum atomic E-state index is 12.5. The zero-order valence-corrected chi connectivity index (χ0v) is 34.2. The van der Waals surface area contributed by atoms with Gasteiger partial charge in [0.1, 0.15) is 0 Å². The van der Waals surface area contributed by atoms with Gasteiger partial charge in [-0.15, -0.1) is 0 Å². The first-order chi connectivity index (χ1) is 25.3. The first-order valence-corrected chi connectivity index (χ1v) is 22.7. The summed E-state index contributed by atoms with van der Waals surface area (Å²) in [4.78, 5) is 12.5. The number of allylic oxidation sites excluding steroid dienone is 11. The van der Waals surface area contributed by atoms with Crippen LogP contribution in [0.1, 0.15) is 187 Å². The van der Waals surface area contributed by atoms with Crippen molar-refractivity contribution >= 4 is 16.0 Å². The lowest BCUT2D eigenvalue weighted by Crippen LogP contribution is -2.46. The highest BCUT2D eigenvalue weighted by molar-refractivity contribution is 7.85. The van der Waals surface area contributed by atoms with E-state index in [1.54, 1.807) is 6.08 Å². The van der Waals surface area contributed by atoms with E-state index in [0.717, 1.165) is 70.6 Å². The Labute approximate surface area is 321 Å². The van der Waals surface area contributed by atoms with Crippen molar-refractivity contribution in [2.45, 2.75) is 199 Å². The van der Waals surface area contributed by atoms with Gasteiger partial charge in [0, 0.05) is 6.42 Å². The van der Waals surface area contributed by atoms with Gasteiger partial charge in [-0.3, -0.25) is 9.35 Å². The maximum absolute atomic E-state index is 12.5. The van der Waals surface area contributed by atoms with Crippen molar-refractivity contribution in [1.29, 1.82) is 0 Å². The fourth-order valence-electron chi connectivity index (χ4n) is 6.00. The summed E-state index contributed by atoms with van der Waals surface area (Å²) in [6, 6.07) is -1.08. The van der Waals surface area contributed by atoms with E-state index >= 15 is 0 Å². The third kappa shape index (κ3) is 39.0. The summed E-state index contributed by atoms with van der Waals surface area (Å²) in [7, 11) is -4.36. The molecule has 0 spiro atoms. The predicted octanol–water partition coefficient (Wildman–Crippen LogP) is 12.6. The summed E-state index contributed by atoms with van der Waals surface area (Å²) >= 11 is 0. The minimum Gasteiger partial charge on any atom is -0.387 e. The molecule has 0 aromatic carbocycles. The van der Waals surface area contributed by atoms with Gasteiger partial charge in [-0.05, 0) is 64.2 Å². The molecule has 0 saturated heterocycles. The van der Waals surface area contributed by atoms with E-state index < -0.39 is 28.0 Å². The van der Waals surface area contributed by atoms with Crippen molar-refractivity contribution in [2.75, 3.05) is 5.75 Å². The summed E-state index contributed by atoms with van der Waals surface area (Å²) in [5.74, 6) is -1.03. The monoisotopic (exact) mass is 746 g/mol. The van der Waals surface area contributed by atoms with Crippen LogP contribution in [0.5, 0.6) is 0 Å². The highest BCUT2D eigenvalue weighted by Gasteiger charge is 2.24. The van der Waals surface area contributed by atoms with Gasteiger partial charge in [-0.25, -0.2) is 0 Å². The number of carbonyl (C=O) groups excluding carboxylic acids is 1. The van der Waals surface area contributed by atoms with Gasteiger partial charge in [0.15, 0.2) is 0 Å². The Hall–Kier alpha value is -2.22. The molecule has 3 N–H and O–H groups in total. The molecule has 300 valence electrons. The van der Waals surface area contributed by atoms with Gasteiger partial charge < -0.3 is 10.4 Å². The van der Waals surface area contributed by atoms with Gasteiger partial charge in [0.25, 0.3) is 10.1 Å². The molecule has 0 aromatic rings. The molecule has 2 atom stereocenters. The van der Waals surface area contributed by atoms with E-state index in [1.807, 2.05) is 6.08 Å². The van der Waals surface area contributed by atoms with E-state index in [-0.39, 0.29) is 12.3 Å². The lowest BCUT2D eigenvalue weighted by Gasteiger charge is -2.21. The highest BCUT2D eigenvalue weighted by atomic mass is 32.2. The molecule has 52 heavy (non-hydrogen) atoms. The molecular weight excluding hydrogens is 667 g/mol. The van der Waals surface area contributed by atoms with E-state index in [2.05, 4.69) is 79.9 Å². The fraction of sp³-hybridized carbons (Fsp3) is 0.711. The number of nitrogens with one attached hydrogen (secondary N) is 1. The quantitative estimate of drug-likeness (QED) is 0.0334. The molecule has 7 heteroatoms. The lowest BCUT2D eigenvalue weighted by atomic mass is 10.0. The molecule has 0 aromatic heterocycles. The van der Waals surface area contributed by atoms with Gasteiger partial charge >= 0.3 is 0 Å². The number of aliphatic hydroxyl groups is 1. The van der Waals surface area contributed by atoms with Gasteiger partial charge in [0.05, 0.1) is 17.9 Å². The second-order valence-corrected chi connectivity index (χ2v) is 15.7. The molecule has 0 heterocycles. The van der Waals surface area contributed by atoms with Gasteiger partial charge in [-0.1, -0.05) is 189 Å². The summed E-state index contributed by atoms with van der Waals surface area (Å²) in [6.45, 7) is 4.41. The number of hydrogen-bond donors (Lipinski definition) is 3. The number of rotatable bonds is 37. The molecule has 0 aliphatic rings. The van der Waals surface area contributed by atoms with Crippen LogP contribution in [0.3, 0.4) is 0 Å². The summed E-state index contributed by atoms with van der Waals surface area (Å²) in [6.07, 6.45) is 54.6. The van der Waals surface area contributed by atoms with Crippen LogP contribution in [0.15, 0.2) is 72.9 Å². The van der Waals surface area contributed by atoms with Crippen LogP contribution in [0.25, 0.3) is 0 Å². The molecule has 6 nitrogen and oxygen atoms in total. The summed E-state index contributed by atoms with van der Waals surface area (Å²) in [5.41, 5.74) is 0. The third-order valence-electron chi connectivity index (χ3n) is 9.14. The molecule has 0 saturated carbocycles. The molecule has 0 rings (SSSR count).